The molecule has 0 aliphatic heterocycles. The molecule has 2 aromatic rings. The summed E-state index contributed by atoms with van der Waals surface area (Å²) < 4.78 is 25.5. The number of hydrogen-bond acceptors (Lipinski definition) is 4. The SMILES string of the molecule is CC(=O)c1cccc(N(CCNC(=O)Cc2cccc(C)c2)S(C)(=O)=O)c1. The lowest BCUT2D eigenvalue weighted by Gasteiger charge is -2.23. The van der Waals surface area contributed by atoms with Gasteiger partial charge in [-0.25, -0.2) is 8.42 Å². The molecule has 0 fully saturated rings. The summed E-state index contributed by atoms with van der Waals surface area (Å²) in [6.45, 7) is 3.64. The molecular formula is C20H24N2O4S. The summed E-state index contributed by atoms with van der Waals surface area (Å²) in [5.41, 5.74) is 2.82. The molecule has 0 radical (unpaired) electrons. The zero-order valence-corrected chi connectivity index (χ0v) is 16.5. The number of nitrogens with one attached hydrogen (secondary N) is 1. The van der Waals surface area contributed by atoms with Crippen LogP contribution in [0, 0.1) is 6.92 Å². The topological polar surface area (TPSA) is 83.6 Å². The highest BCUT2D eigenvalue weighted by molar-refractivity contribution is 7.92. The molecule has 1 N–H and O–H groups in total. The number of aryl methyl sites for hydroxylation is 1. The van der Waals surface area contributed by atoms with Crippen molar-refractivity contribution < 1.29 is 18.0 Å². The molecule has 0 aliphatic carbocycles. The van der Waals surface area contributed by atoms with Gasteiger partial charge in [-0.15, -0.1) is 0 Å². The fourth-order valence-electron chi connectivity index (χ4n) is 2.73. The number of nitrogens with zero attached hydrogens (tertiary/aromatic N) is 1. The van der Waals surface area contributed by atoms with Gasteiger partial charge in [0.2, 0.25) is 15.9 Å². The van der Waals surface area contributed by atoms with Crippen molar-refractivity contribution in [1.29, 1.82) is 0 Å². The van der Waals surface area contributed by atoms with E-state index in [0.717, 1.165) is 17.4 Å². The lowest BCUT2D eigenvalue weighted by molar-refractivity contribution is -0.120. The van der Waals surface area contributed by atoms with Crippen molar-refractivity contribution in [3.63, 3.8) is 0 Å². The monoisotopic (exact) mass is 388 g/mol. The quantitative estimate of drug-likeness (QED) is 0.704. The summed E-state index contributed by atoms with van der Waals surface area (Å²) >= 11 is 0. The number of Topliss-reactive ketones (excluding diaryl/α,β-unsaturated/α-hetero) is 1. The van der Waals surface area contributed by atoms with E-state index in [1.54, 1.807) is 18.2 Å². The Kier molecular flexibility index (Phi) is 6.74. The maximum Gasteiger partial charge on any atom is 0.232 e. The standard InChI is InChI=1S/C20H24N2O4S/c1-15-6-4-7-17(12-15)13-20(24)21-10-11-22(27(3,25)26)19-9-5-8-18(14-19)16(2)23/h4-9,12,14H,10-11,13H2,1-3H3,(H,21,24). The first-order chi connectivity index (χ1) is 12.7. The molecule has 0 saturated heterocycles. The number of benzene rings is 2. The van der Waals surface area contributed by atoms with Gasteiger partial charge in [0, 0.05) is 12.1 Å². The van der Waals surface area contributed by atoms with Gasteiger partial charge in [0.05, 0.1) is 24.9 Å². The van der Waals surface area contributed by atoms with Crippen LogP contribution in [0.25, 0.3) is 0 Å². The molecule has 6 nitrogen and oxygen atoms in total. The van der Waals surface area contributed by atoms with Crippen molar-refractivity contribution in [2.75, 3.05) is 23.7 Å². The van der Waals surface area contributed by atoms with Crippen LogP contribution < -0.4 is 9.62 Å². The van der Waals surface area contributed by atoms with Crippen LogP contribution in [-0.4, -0.2) is 39.5 Å². The molecule has 0 spiro atoms. The molecule has 0 bridgehead atoms. The number of ketones is 1. The van der Waals surface area contributed by atoms with E-state index in [1.807, 2.05) is 31.2 Å². The largest absolute Gasteiger partial charge is 0.354 e. The van der Waals surface area contributed by atoms with Crippen LogP contribution >= 0.6 is 0 Å². The van der Waals surface area contributed by atoms with Crippen LogP contribution in [-0.2, 0) is 21.2 Å². The van der Waals surface area contributed by atoms with Gasteiger partial charge in [-0.1, -0.05) is 42.0 Å². The van der Waals surface area contributed by atoms with Crippen LogP contribution in [0.15, 0.2) is 48.5 Å². The van der Waals surface area contributed by atoms with Crippen LogP contribution in [0.3, 0.4) is 0 Å². The van der Waals surface area contributed by atoms with Crippen molar-refractivity contribution in [3.8, 4) is 0 Å². The zero-order chi connectivity index (χ0) is 20.0. The van der Waals surface area contributed by atoms with Crippen LogP contribution in [0.5, 0.6) is 0 Å². The van der Waals surface area contributed by atoms with E-state index in [1.165, 1.54) is 17.3 Å². The number of carbonyl (C=O) groups is 2. The predicted octanol–water partition coefficient (Wildman–Crippen LogP) is 2.32. The van der Waals surface area contributed by atoms with Crippen molar-refractivity contribution >= 4 is 27.4 Å². The third-order valence-corrected chi connectivity index (χ3v) is 5.22. The van der Waals surface area contributed by atoms with Crippen molar-refractivity contribution in [1.82, 2.24) is 5.32 Å². The number of rotatable bonds is 8. The maximum atomic E-state index is 12.1. The molecule has 27 heavy (non-hydrogen) atoms. The summed E-state index contributed by atoms with van der Waals surface area (Å²) in [5, 5.41) is 2.75. The van der Waals surface area contributed by atoms with Gasteiger partial charge in [-0.2, -0.15) is 0 Å². The summed E-state index contributed by atoms with van der Waals surface area (Å²) in [6, 6.07) is 14.1. The molecule has 2 rings (SSSR count). The lowest BCUT2D eigenvalue weighted by Crippen LogP contribution is -2.38. The Morgan fingerprint density at radius 3 is 2.41 bits per heavy atom. The van der Waals surface area contributed by atoms with E-state index in [9.17, 15) is 18.0 Å². The van der Waals surface area contributed by atoms with E-state index in [4.69, 9.17) is 0 Å². The van der Waals surface area contributed by atoms with Gasteiger partial charge in [0.1, 0.15) is 0 Å². The second kappa shape index (κ2) is 8.81. The number of sulfonamides is 1. The minimum atomic E-state index is -3.55. The highest BCUT2D eigenvalue weighted by Gasteiger charge is 2.18. The number of anilines is 1. The highest BCUT2D eigenvalue weighted by Crippen LogP contribution is 2.19. The first-order valence-corrected chi connectivity index (χ1v) is 10.4. The Morgan fingerprint density at radius 2 is 1.78 bits per heavy atom. The number of hydrogen-bond donors (Lipinski definition) is 1. The Morgan fingerprint density at radius 1 is 1.07 bits per heavy atom. The average Bonchev–Trinajstić information content (AvgIpc) is 2.57. The van der Waals surface area contributed by atoms with Crippen molar-refractivity contribution in [2.45, 2.75) is 20.3 Å². The van der Waals surface area contributed by atoms with Gasteiger partial charge < -0.3 is 5.32 Å². The Labute approximate surface area is 160 Å². The second-order valence-electron chi connectivity index (χ2n) is 6.46. The summed E-state index contributed by atoms with van der Waals surface area (Å²) in [4.78, 5) is 23.7. The summed E-state index contributed by atoms with van der Waals surface area (Å²) in [7, 11) is -3.55. The van der Waals surface area contributed by atoms with E-state index >= 15 is 0 Å². The predicted molar refractivity (Wildman–Crippen MR) is 107 cm³/mol. The minimum absolute atomic E-state index is 0.0831. The molecule has 2 aromatic carbocycles. The third-order valence-electron chi connectivity index (χ3n) is 4.03. The Hall–Kier alpha value is -2.67. The van der Waals surface area contributed by atoms with Crippen LogP contribution in [0.2, 0.25) is 0 Å². The van der Waals surface area contributed by atoms with Gasteiger partial charge >= 0.3 is 0 Å². The minimum Gasteiger partial charge on any atom is -0.354 e. The maximum absolute atomic E-state index is 12.1. The fourth-order valence-corrected chi connectivity index (χ4v) is 3.65. The molecular weight excluding hydrogens is 364 g/mol. The fraction of sp³-hybridized carbons (Fsp3) is 0.300. The van der Waals surface area contributed by atoms with Gasteiger partial charge in [-0.05, 0) is 31.5 Å². The molecule has 0 aliphatic rings. The van der Waals surface area contributed by atoms with Crippen molar-refractivity contribution in [3.05, 3.63) is 65.2 Å². The highest BCUT2D eigenvalue weighted by atomic mass is 32.2. The van der Waals surface area contributed by atoms with Crippen LogP contribution in [0.4, 0.5) is 5.69 Å². The Bertz CT molecular complexity index is 939. The van der Waals surface area contributed by atoms with Gasteiger partial charge in [0.25, 0.3) is 0 Å². The van der Waals surface area contributed by atoms with E-state index < -0.39 is 10.0 Å². The average molecular weight is 388 g/mol. The third kappa shape index (κ3) is 6.21. The first kappa shape index (κ1) is 20.6. The van der Waals surface area contributed by atoms with E-state index in [2.05, 4.69) is 5.32 Å². The second-order valence-corrected chi connectivity index (χ2v) is 8.36. The van der Waals surface area contributed by atoms with Gasteiger partial charge in [-0.3, -0.25) is 13.9 Å². The number of carbonyl (C=O) groups excluding carboxylic acids is 2. The molecule has 144 valence electrons. The first-order valence-electron chi connectivity index (χ1n) is 8.58. The van der Waals surface area contributed by atoms with Crippen molar-refractivity contribution in [2.24, 2.45) is 0 Å². The van der Waals surface area contributed by atoms with Gasteiger partial charge in [0.15, 0.2) is 5.78 Å². The normalized spacial score (nSPS) is 11.1. The molecule has 0 unspecified atom stereocenters. The van der Waals surface area contributed by atoms with Crippen LogP contribution in [0.1, 0.15) is 28.4 Å². The smallest absolute Gasteiger partial charge is 0.232 e. The molecule has 0 saturated carbocycles. The number of amides is 1. The Balaban J connectivity index is 2.02. The molecule has 1 amide bonds. The van der Waals surface area contributed by atoms with E-state index in [-0.39, 0.29) is 31.2 Å². The van der Waals surface area contributed by atoms with E-state index in [0.29, 0.717) is 11.3 Å². The molecule has 0 heterocycles. The molecule has 7 heteroatoms. The zero-order valence-electron chi connectivity index (χ0n) is 15.7. The lowest BCUT2D eigenvalue weighted by atomic mass is 10.1. The molecule has 0 aromatic heterocycles. The molecule has 0 atom stereocenters. The summed E-state index contributed by atoms with van der Waals surface area (Å²) in [6.07, 6.45) is 1.34. The summed E-state index contributed by atoms with van der Waals surface area (Å²) in [5.74, 6) is -0.316.